The highest BCUT2D eigenvalue weighted by Crippen LogP contribution is 2.40. The Balaban J connectivity index is 1.60. The first-order valence-electron chi connectivity index (χ1n) is 11.8. The summed E-state index contributed by atoms with van der Waals surface area (Å²) in [7, 11) is 0. The number of imidazole rings is 1. The summed E-state index contributed by atoms with van der Waals surface area (Å²) in [6.07, 6.45) is 7.81. The molecular formula is C27H27N5O2. The van der Waals surface area contributed by atoms with E-state index in [1.165, 1.54) is 5.56 Å². The summed E-state index contributed by atoms with van der Waals surface area (Å²) in [6, 6.07) is 15.3. The van der Waals surface area contributed by atoms with Crippen molar-refractivity contribution < 1.29 is 9.26 Å². The zero-order valence-corrected chi connectivity index (χ0v) is 19.4. The van der Waals surface area contributed by atoms with Crippen LogP contribution in [0.15, 0.2) is 65.7 Å². The minimum absolute atomic E-state index is 0.173. The number of aromatic amines is 1. The lowest BCUT2D eigenvalue weighted by atomic mass is 9.86. The van der Waals surface area contributed by atoms with Crippen LogP contribution in [-0.4, -0.2) is 38.1 Å². The Morgan fingerprint density at radius 3 is 2.59 bits per heavy atom. The summed E-state index contributed by atoms with van der Waals surface area (Å²) in [6.45, 7) is 5.54. The zero-order chi connectivity index (χ0) is 23.1. The number of nitrogens with zero attached hydrogens (tertiary/aromatic N) is 4. The Hall–Kier alpha value is -3.71. The molecule has 1 saturated heterocycles. The highest BCUT2D eigenvalue weighted by molar-refractivity contribution is 5.96. The summed E-state index contributed by atoms with van der Waals surface area (Å²) >= 11 is 0. The summed E-state index contributed by atoms with van der Waals surface area (Å²) in [4.78, 5) is 4.93. The maximum Gasteiger partial charge on any atom is 0.141 e. The Morgan fingerprint density at radius 2 is 1.88 bits per heavy atom. The van der Waals surface area contributed by atoms with Crippen molar-refractivity contribution >= 4 is 11.0 Å². The van der Waals surface area contributed by atoms with Gasteiger partial charge in [-0.25, -0.2) is 4.98 Å². The molecule has 0 radical (unpaired) electrons. The van der Waals surface area contributed by atoms with Gasteiger partial charge in [0.05, 0.1) is 35.3 Å². The number of aromatic nitrogens is 5. The summed E-state index contributed by atoms with van der Waals surface area (Å²) in [5, 5.41) is 11.3. The molecule has 4 heterocycles. The number of aryl methyl sites for hydroxylation is 2. The van der Waals surface area contributed by atoms with Crippen molar-refractivity contribution in [1.29, 1.82) is 0 Å². The van der Waals surface area contributed by atoms with Crippen LogP contribution in [0.25, 0.3) is 33.3 Å². The number of benzene rings is 2. The molecule has 0 saturated carbocycles. The number of fused-ring (bicyclic) bond motifs is 1. The number of rotatable bonds is 5. The van der Waals surface area contributed by atoms with E-state index < -0.39 is 0 Å². The Morgan fingerprint density at radius 1 is 1.06 bits per heavy atom. The van der Waals surface area contributed by atoms with Gasteiger partial charge in [0, 0.05) is 36.1 Å². The third kappa shape index (κ3) is 3.53. The topological polar surface area (TPSA) is 81.8 Å². The van der Waals surface area contributed by atoms with E-state index >= 15 is 0 Å². The van der Waals surface area contributed by atoms with Crippen LogP contribution in [0.2, 0.25) is 0 Å². The van der Waals surface area contributed by atoms with Crippen molar-refractivity contribution in [2.45, 2.75) is 32.7 Å². The fourth-order valence-corrected chi connectivity index (χ4v) is 5.35. The molecule has 2 aromatic carbocycles. The van der Waals surface area contributed by atoms with Gasteiger partial charge in [0.15, 0.2) is 0 Å². The normalized spacial score (nSPS) is 15.7. The molecule has 1 fully saturated rings. The molecule has 1 N–H and O–H groups in total. The highest BCUT2D eigenvalue weighted by Gasteiger charge is 2.29. The molecule has 3 aromatic heterocycles. The van der Waals surface area contributed by atoms with E-state index in [2.05, 4.69) is 62.4 Å². The van der Waals surface area contributed by atoms with Gasteiger partial charge < -0.3 is 13.8 Å². The standard InChI is InChI=1S/C27H27N5O2/c1-17-25(18(2)34-31-17)21-12-23(22-14-29-30-15-22)26-24(13-21)32(16-28-26)27(19-6-4-3-5-7-19)20-8-10-33-11-9-20/h3-7,12-16,20,27H,8-11H2,1-2H3,(H,29,30)/t27-/m0/s1. The van der Waals surface area contributed by atoms with E-state index in [1.54, 1.807) is 0 Å². The monoisotopic (exact) mass is 453 g/mol. The highest BCUT2D eigenvalue weighted by atomic mass is 16.5. The number of hydrogen-bond donors (Lipinski definition) is 1. The second kappa shape index (κ2) is 8.57. The Bertz CT molecular complexity index is 1390. The summed E-state index contributed by atoms with van der Waals surface area (Å²) in [5.41, 5.74) is 8.37. The molecule has 1 aliphatic heterocycles. The first-order valence-corrected chi connectivity index (χ1v) is 11.8. The van der Waals surface area contributed by atoms with Crippen molar-refractivity contribution in [3.8, 4) is 22.3 Å². The van der Waals surface area contributed by atoms with Crippen molar-refractivity contribution in [3.63, 3.8) is 0 Å². The van der Waals surface area contributed by atoms with Gasteiger partial charge in [-0.1, -0.05) is 35.5 Å². The number of nitrogens with one attached hydrogen (secondary N) is 1. The Labute approximate surface area is 197 Å². The van der Waals surface area contributed by atoms with E-state index in [0.29, 0.717) is 5.92 Å². The van der Waals surface area contributed by atoms with Crippen molar-refractivity contribution in [1.82, 2.24) is 24.9 Å². The minimum Gasteiger partial charge on any atom is -0.381 e. The minimum atomic E-state index is 0.173. The third-order valence-electron chi connectivity index (χ3n) is 6.96. The van der Waals surface area contributed by atoms with Crippen molar-refractivity contribution in [3.05, 3.63) is 78.2 Å². The molecule has 172 valence electrons. The predicted molar refractivity (Wildman–Crippen MR) is 130 cm³/mol. The fourth-order valence-electron chi connectivity index (χ4n) is 5.35. The van der Waals surface area contributed by atoms with E-state index in [0.717, 1.165) is 70.8 Å². The smallest absolute Gasteiger partial charge is 0.141 e. The van der Waals surface area contributed by atoms with Gasteiger partial charge >= 0.3 is 0 Å². The van der Waals surface area contributed by atoms with Gasteiger partial charge in [0.25, 0.3) is 0 Å². The van der Waals surface area contributed by atoms with Gasteiger partial charge in [-0.05, 0) is 55.9 Å². The molecule has 6 rings (SSSR count). The third-order valence-corrected chi connectivity index (χ3v) is 6.96. The van der Waals surface area contributed by atoms with E-state index in [-0.39, 0.29) is 6.04 Å². The van der Waals surface area contributed by atoms with Crippen LogP contribution in [0.1, 0.15) is 35.9 Å². The van der Waals surface area contributed by atoms with Crippen LogP contribution in [0.4, 0.5) is 0 Å². The van der Waals surface area contributed by atoms with E-state index in [4.69, 9.17) is 14.2 Å². The molecule has 0 unspecified atom stereocenters. The lowest BCUT2D eigenvalue weighted by Crippen LogP contribution is -2.26. The Kier molecular flexibility index (Phi) is 5.26. The zero-order valence-electron chi connectivity index (χ0n) is 19.4. The lowest BCUT2D eigenvalue weighted by molar-refractivity contribution is 0.0547. The molecular weight excluding hydrogens is 426 g/mol. The maximum absolute atomic E-state index is 5.70. The molecule has 7 heteroatoms. The second-order valence-electron chi connectivity index (χ2n) is 9.03. The van der Waals surface area contributed by atoms with Gasteiger partial charge in [-0.2, -0.15) is 5.10 Å². The van der Waals surface area contributed by atoms with Gasteiger partial charge in [0.2, 0.25) is 0 Å². The van der Waals surface area contributed by atoms with Gasteiger partial charge in [-0.15, -0.1) is 0 Å². The van der Waals surface area contributed by atoms with Crippen molar-refractivity contribution in [2.24, 2.45) is 5.92 Å². The van der Waals surface area contributed by atoms with Crippen LogP contribution < -0.4 is 0 Å². The largest absolute Gasteiger partial charge is 0.381 e. The predicted octanol–water partition coefficient (Wildman–Crippen LogP) is 5.71. The first kappa shape index (κ1) is 20.9. The molecule has 0 aliphatic carbocycles. The molecule has 0 amide bonds. The molecule has 1 aliphatic rings. The van der Waals surface area contributed by atoms with Gasteiger partial charge in [0.1, 0.15) is 5.76 Å². The quantitative estimate of drug-likeness (QED) is 0.368. The lowest BCUT2D eigenvalue weighted by Gasteiger charge is -2.32. The van der Waals surface area contributed by atoms with Crippen LogP contribution in [-0.2, 0) is 4.74 Å². The van der Waals surface area contributed by atoms with E-state index in [1.807, 2.05) is 32.6 Å². The molecule has 1 atom stereocenters. The fraction of sp³-hybridized carbons (Fsp3) is 0.296. The maximum atomic E-state index is 5.70. The molecule has 5 aromatic rings. The molecule has 0 bridgehead atoms. The van der Waals surface area contributed by atoms with Crippen LogP contribution in [0, 0.1) is 19.8 Å². The second-order valence-corrected chi connectivity index (χ2v) is 9.03. The summed E-state index contributed by atoms with van der Waals surface area (Å²) in [5.74, 6) is 1.28. The molecule has 0 spiro atoms. The van der Waals surface area contributed by atoms with Crippen LogP contribution >= 0.6 is 0 Å². The van der Waals surface area contributed by atoms with Crippen molar-refractivity contribution in [2.75, 3.05) is 13.2 Å². The summed E-state index contributed by atoms with van der Waals surface area (Å²) < 4.78 is 13.6. The molecule has 34 heavy (non-hydrogen) atoms. The molecule has 7 nitrogen and oxygen atoms in total. The SMILES string of the molecule is Cc1noc(C)c1-c1cc(-c2cn[nH]c2)c2ncn([C@@H](c3ccccc3)C3CCOCC3)c2c1. The van der Waals surface area contributed by atoms with Crippen LogP contribution in [0.3, 0.4) is 0 Å². The van der Waals surface area contributed by atoms with Gasteiger partial charge in [-0.3, -0.25) is 5.10 Å². The average Bonchev–Trinajstić information content (AvgIpc) is 3.62. The van der Waals surface area contributed by atoms with E-state index in [9.17, 15) is 0 Å². The number of ether oxygens (including phenoxy) is 1. The number of hydrogen-bond acceptors (Lipinski definition) is 5. The average molecular weight is 454 g/mol. The number of H-pyrrole nitrogens is 1. The first-order chi connectivity index (χ1) is 16.7. The van der Waals surface area contributed by atoms with Crippen LogP contribution in [0.5, 0.6) is 0 Å².